The number of rotatable bonds is 4. The second-order valence-corrected chi connectivity index (χ2v) is 7.47. The number of carbonyl (C=O) groups is 1. The van der Waals surface area contributed by atoms with Gasteiger partial charge in [-0.3, -0.25) is 9.59 Å². The number of hydrogen-bond donors (Lipinski definition) is 2. The number of fused-ring (bicyclic) bond motifs is 1. The van der Waals surface area contributed by atoms with Crippen molar-refractivity contribution in [1.82, 2.24) is 20.3 Å². The number of halogens is 2. The number of aromatic amines is 1. The van der Waals surface area contributed by atoms with E-state index in [1.165, 1.54) is 25.4 Å². The number of hydrogen-bond acceptors (Lipinski definition) is 5. The molecule has 2 aromatic heterocycles. The standard InChI is InChI=1S/C21H17F2N5O2/c1-10-16-14(4-3-13(22)18(16)23)28-19(29)17(10)21(5-6-21)20(30)27-11(2)12-8-25-15(7-24)26-9-12/h3-4,8-9,11H,5-6H2,1-2H3,(H,27,30)(H,28,29)/t11-/m0/s1. The van der Waals surface area contributed by atoms with E-state index in [2.05, 4.69) is 20.3 Å². The van der Waals surface area contributed by atoms with Crippen LogP contribution in [0.15, 0.2) is 29.3 Å². The van der Waals surface area contributed by atoms with Crippen LogP contribution in [0.5, 0.6) is 0 Å². The maximum atomic E-state index is 14.4. The Morgan fingerprint density at radius 3 is 2.57 bits per heavy atom. The van der Waals surface area contributed by atoms with Gasteiger partial charge < -0.3 is 10.3 Å². The number of benzene rings is 1. The smallest absolute Gasteiger partial charge is 0.252 e. The van der Waals surface area contributed by atoms with Gasteiger partial charge in [-0.05, 0) is 44.4 Å². The molecule has 3 aromatic rings. The number of aryl methyl sites for hydroxylation is 1. The van der Waals surface area contributed by atoms with Crippen LogP contribution in [-0.2, 0) is 10.2 Å². The second kappa shape index (κ2) is 6.99. The van der Waals surface area contributed by atoms with E-state index in [-0.39, 0.29) is 33.8 Å². The molecule has 0 spiro atoms. The average Bonchev–Trinajstić information content (AvgIpc) is 3.52. The topological polar surface area (TPSA) is 112 Å². The Kier molecular flexibility index (Phi) is 4.57. The molecule has 9 heteroatoms. The second-order valence-electron chi connectivity index (χ2n) is 7.47. The van der Waals surface area contributed by atoms with Gasteiger partial charge in [-0.2, -0.15) is 5.26 Å². The van der Waals surface area contributed by atoms with Gasteiger partial charge in [0.15, 0.2) is 11.6 Å². The summed E-state index contributed by atoms with van der Waals surface area (Å²) in [6, 6.07) is 3.60. The van der Waals surface area contributed by atoms with E-state index in [9.17, 15) is 18.4 Å². The van der Waals surface area contributed by atoms with Crippen molar-refractivity contribution in [2.75, 3.05) is 0 Å². The lowest BCUT2D eigenvalue weighted by Crippen LogP contribution is -2.40. The first kappa shape index (κ1) is 19.6. The van der Waals surface area contributed by atoms with Crippen LogP contribution in [0.3, 0.4) is 0 Å². The van der Waals surface area contributed by atoms with E-state index >= 15 is 0 Å². The van der Waals surface area contributed by atoms with Crippen molar-refractivity contribution in [3.63, 3.8) is 0 Å². The predicted octanol–water partition coefficient (Wildman–Crippen LogP) is 2.69. The number of pyridine rings is 1. The molecule has 1 atom stereocenters. The minimum absolute atomic E-state index is 0.0171. The summed E-state index contributed by atoms with van der Waals surface area (Å²) in [6.45, 7) is 3.26. The first-order chi connectivity index (χ1) is 14.3. The van der Waals surface area contributed by atoms with E-state index in [0.29, 0.717) is 18.4 Å². The van der Waals surface area contributed by atoms with Crippen LogP contribution in [0.4, 0.5) is 8.78 Å². The first-order valence-electron chi connectivity index (χ1n) is 9.32. The van der Waals surface area contributed by atoms with E-state index in [1.807, 2.05) is 6.07 Å². The van der Waals surface area contributed by atoms with Gasteiger partial charge in [-0.15, -0.1) is 0 Å². The Bertz CT molecular complexity index is 1270. The predicted molar refractivity (Wildman–Crippen MR) is 103 cm³/mol. The fraction of sp³-hybridized carbons (Fsp3) is 0.286. The molecule has 1 aliphatic carbocycles. The summed E-state index contributed by atoms with van der Waals surface area (Å²) < 4.78 is 28.2. The molecular weight excluding hydrogens is 392 g/mol. The molecule has 0 unspecified atom stereocenters. The Balaban J connectivity index is 1.71. The molecule has 1 aromatic carbocycles. The molecule has 1 saturated carbocycles. The van der Waals surface area contributed by atoms with Crippen LogP contribution < -0.4 is 10.9 Å². The molecule has 4 rings (SSSR count). The van der Waals surface area contributed by atoms with Crippen molar-refractivity contribution in [1.29, 1.82) is 5.26 Å². The van der Waals surface area contributed by atoms with E-state index in [1.54, 1.807) is 6.92 Å². The lowest BCUT2D eigenvalue weighted by Gasteiger charge is -2.21. The van der Waals surface area contributed by atoms with Crippen LogP contribution in [0, 0.1) is 29.9 Å². The lowest BCUT2D eigenvalue weighted by atomic mass is 9.89. The fourth-order valence-corrected chi connectivity index (χ4v) is 3.83. The van der Waals surface area contributed by atoms with Gasteiger partial charge in [0.1, 0.15) is 6.07 Å². The molecule has 2 heterocycles. The zero-order valence-corrected chi connectivity index (χ0v) is 16.2. The number of amides is 1. The lowest BCUT2D eigenvalue weighted by molar-refractivity contribution is -0.124. The summed E-state index contributed by atoms with van der Waals surface area (Å²) in [7, 11) is 0. The molecule has 2 N–H and O–H groups in total. The van der Waals surface area contributed by atoms with Gasteiger partial charge in [0, 0.05) is 28.9 Å². The highest BCUT2D eigenvalue weighted by Crippen LogP contribution is 2.49. The van der Waals surface area contributed by atoms with Crippen molar-refractivity contribution in [3.05, 3.63) is 69.0 Å². The quantitative estimate of drug-likeness (QED) is 0.688. The zero-order chi connectivity index (χ0) is 21.6. The van der Waals surface area contributed by atoms with Crippen molar-refractivity contribution in [3.8, 4) is 6.07 Å². The monoisotopic (exact) mass is 409 g/mol. The van der Waals surface area contributed by atoms with E-state index in [4.69, 9.17) is 5.26 Å². The normalized spacial score (nSPS) is 15.4. The van der Waals surface area contributed by atoms with Gasteiger partial charge in [0.25, 0.3) is 5.56 Å². The van der Waals surface area contributed by atoms with Gasteiger partial charge in [0.2, 0.25) is 11.7 Å². The van der Waals surface area contributed by atoms with Gasteiger partial charge in [-0.25, -0.2) is 18.7 Å². The highest BCUT2D eigenvalue weighted by molar-refractivity contribution is 5.94. The summed E-state index contributed by atoms with van der Waals surface area (Å²) >= 11 is 0. The number of nitrogens with one attached hydrogen (secondary N) is 2. The molecule has 7 nitrogen and oxygen atoms in total. The molecule has 1 aliphatic rings. The molecule has 0 saturated heterocycles. The largest absolute Gasteiger partial charge is 0.349 e. The van der Waals surface area contributed by atoms with Crippen molar-refractivity contribution in [2.45, 2.75) is 38.1 Å². The molecular formula is C21H17F2N5O2. The number of carbonyl (C=O) groups excluding carboxylic acids is 1. The van der Waals surface area contributed by atoms with Gasteiger partial charge in [-0.1, -0.05) is 0 Å². The average molecular weight is 409 g/mol. The Labute approximate surface area is 169 Å². The van der Waals surface area contributed by atoms with E-state index < -0.39 is 28.7 Å². The zero-order valence-electron chi connectivity index (χ0n) is 16.2. The summed E-state index contributed by atoms with van der Waals surface area (Å²) in [5.41, 5.74) is -0.414. The number of nitrogens with zero attached hydrogens (tertiary/aromatic N) is 3. The van der Waals surface area contributed by atoms with Crippen molar-refractivity contribution < 1.29 is 13.6 Å². The number of nitriles is 1. The first-order valence-corrected chi connectivity index (χ1v) is 9.32. The summed E-state index contributed by atoms with van der Waals surface area (Å²) in [5.74, 6) is -2.44. The van der Waals surface area contributed by atoms with Gasteiger partial charge in [0.05, 0.1) is 17.0 Å². The fourth-order valence-electron chi connectivity index (χ4n) is 3.83. The van der Waals surface area contributed by atoms with Crippen molar-refractivity contribution >= 4 is 16.8 Å². The molecule has 1 amide bonds. The SMILES string of the molecule is Cc1c(C2(C(=O)N[C@@H](C)c3cnc(C#N)nc3)CC2)c(=O)[nH]c2ccc(F)c(F)c12. The van der Waals surface area contributed by atoms with Crippen LogP contribution >= 0.6 is 0 Å². The molecule has 1 fully saturated rings. The molecule has 0 radical (unpaired) electrons. The highest BCUT2D eigenvalue weighted by atomic mass is 19.2. The Morgan fingerprint density at radius 1 is 1.30 bits per heavy atom. The number of aromatic nitrogens is 3. The van der Waals surface area contributed by atoms with E-state index in [0.717, 1.165) is 6.07 Å². The number of H-pyrrole nitrogens is 1. The van der Waals surface area contributed by atoms with Crippen molar-refractivity contribution in [2.24, 2.45) is 0 Å². The van der Waals surface area contributed by atoms with Crippen LogP contribution in [-0.4, -0.2) is 20.9 Å². The maximum absolute atomic E-state index is 14.4. The maximum Gasteiger partial charge on any atom is 0.252 e. The summed E-state index contributed by atoms with van der Waals surface area (Å²) in [4.78, 5) is 36.2. The van der Waals surface area contributed by atoms with Crippen LogP contribution in [0.1, 0.15) is 48.3 Å². The van der Waals surface area contributed by atoms with Crippen LogP contribution in [0.25, 0.3) is 10.9 Å². The minimum atomic E-state index is -1.10. The Hall–Kier alpha value is -3.67. The molecule has 152 valence electrons. The van der Waals surface area contributed by atoms with Crippen LogP contribution in [0.2, 0.25) is 0 Å². The summed E-state index contributed by atoms with van der Waals surface area (Å²) in [6.07, 6.45) is 3.73. The molecule has 30 heavy (non-hydrogen) atoms. The third-order valence-electron chi connectivity index (χ3n) is 5.60. The molecule has 0 aliphatic heterocycles. The minimum Gasteiger partial charge on any atom is -0.349 e. The van der Waals surface area contributed by atoms with Gasteiger partial charge >= 0.3 is 0 Å². The summed E-state index contributed by atoms with van der Waals surface area (Å²) in [5, 5.41) is 11.6. The Morgan fingerprint density at radius 2 is 1.97 bits per heavy atom. The third kappa shape index (κ3) is 3.01. The molecule has 0 bridgehead atoms. The third-order valence-corrected chi connectivity index (χ3v) is 5.60. The highest BCUT2D eigenvalue weighted by Gasteiger charge is 2.54.